The normalized spacial score (nSPS) is 13.0. The lowest BCUT2D eigenvalue weighted by molar-refractivity contribution is 0.146. The molecule has 1 aromatic heterocycles. The molecule has 0 saturated heterocycles. The molecule has 2 aromatic carbocycles. The van der Waals surface area contributed by atoms with Gasteiger partial charge in [-0.15, -0.1) is 0 Å². The van der Waals surface area contributed by atoms with E-state index in [-0.39, 0.29) is 0 Å². The molecule has 0 aliphatic rings. The van der Waals surface area contributed by atoms with E-state index in [9.17, 15) is 5.11 Å². The predicted molar refractivity (Wildman–Crippen MR) is 90.2 cm³/mol. The SMILES string of the molecule is COCCNC[C@H](O)Cn1c2ccccc2c2ccccc21. The Bertz CT molecular complexity index is 698. The van der Waals surface area contributed by atoms with Crippen LogP contribution in [0, 0.1) is 0 Å². The first kappa shape index (κ1) is 15.0. The summed E-state index contributed by atoms with van der Waals surface area (Å²) in [6, 6.07) is 16.7. The lowest BCUT2D eigenvalue weighted by Gasteiger charge is -2.14. The fourth-order valence-corrected chi connectivity index (χ4v) is 2.92. The van der Waals surface area contributed by atoms with Gasteiger partial charge in [0.25, 0.3) is 0 Å². The van der Waals surface area contributed by atoms with Crippen molar-refractivity contribution in [3.63, 3.8) is 0 Å². The Hall–Kier alpha value is -1.88. The van der Waals surface area contributed by atoms with Crippen LogP contribution < -0.4 is 5.32 Å². The topological polar surface area (TPSA) is 46.4 Å². The third kappa shape index (κ3) is 2.99. The van der Waals surface area contributed by atoms with Crippen LogP contribution in [-0.4, -0.2) is 42.6 Å². The highest BCUT2D eigenvalue weighted by Crippen LogP contribution is 2.28. The Morgan fingerprint density at radius 1 is 1.05 bits per heavy atom. The number of aromatic nitrogens is 1. The second-order valence-corrected chi connectivity index (χ2v) is 5.50. The van der Waals surface area contributed by atoms with Crippen molar-refractivity contribution in [1.29, 1.82) is 0 Å². The van der Waals surface area contributed by atoms with Gasteiger partial charge in [0.15, 0.2) is 0 Å². The molecule has 116 valence electrons. The van der Waals surface area contributed by atoms with Gasteiger partial charge in [-0.25, -0.2) is 0 Å². The number of fused-ring (bicyclic) bond motifs is 3. The molecule has 0 unspecified atom stereocenters. The highest BCUT2D eigenvalue weighted by atomic mass is 16.5. The van der Waals surface area contributed by atoms with Crippen LogP contribution in [0.2, 0.25) is 0 Å². The zero-order chi connectivity index (χ0) is 15.4. The predicted octanol–water partition coefficient (Wildman–Crippen LogP) is 2.39. The van der Waals surface area contributed by atoms with E-state index in [1.165, 1.54) is 21.8 Å². The van der Waals surface area contributed by atoms with Crippen LogP contribution >= 0.6 is 0 Å². The van der Waals surface area contributed by atoms with E-state index >= 15 is 0 Å². The molecule has 3 rings (SSSR count). The largest absolute Gasteiger partial charge is 0.390 e. The molecule has 0 spiro atoms. The summed E-state index contributed by atoms with van der Waals surface area (Å²) in [4.78, 5) is 0. The maximum Gasteiger partial charge on any atom is 0.0843 e. The van der Waals surface area contributed by atoms with Crippen molar-refractivity contribution < 1.29 is 9.84 Å². The van der Waals surface area contributed by atoms with Gasteiger partial charge in [0, 0.05) is 42.0 Å². The maximum atomic E-state index is 10.3. The standard InChI is InChI=1S/C18H22N2O2/c1-22-11-10-19-12-14(21)13-20-17-8-4-2-6-15(17)16-7-3-5-9-18(16)20/h2-9,14,19,21H,10-13H2,1H3/t14-/m0/s1. The van der Waals surface area contributed by atoms with Crippen molar-refractivity contribution in [2.24, 2.45) is 0 Å². The van der Waals surface area contributed by atoms with Crippen LogP contribution in [0.25, 0.3) is 21.8 Å². The summed E-state index contributed by atoms with van der Waals surface area (Å²) >= 11 is 0. The summed E-state index contributed by atoms with van der Waals surface area (Å²) in [5, 5.41) is 16.0. The van der Waals surface area contributed by atoms with E-state index in [1.54, 1.807) is 7.11 Å². The summed E-state index contributed by atoms with van der Waals surface area (Å²) in [6.07, 6.45) is -0.434. The number of nitrogens with zero attached hydrogens (tertiary/aromatic N) is 1. The van der Waals surface area contributed by atoms with Gasteiger partial charge < -0.3 is 19.7 Å². The minimum absolute atomic E-state index is 0.434. The van der Waals surface area contributed by atoms with E-state index in [4.69, 9.17) is 4.74 Å². The maximum absolute atomic E-state index is 10.3. The molecule has 0 amide bonds. The smallest absolute Gasteiger partial charge is 0.0843 e. The molecule has 0 fully saturated rings. The van der Waals surface area contributed by atoms with Crippen molar-refractivity contribution in [1.82, 2.24) is 9.88 Å². The van der Waals surface area contributed by atoms with Crippen molar-refractivity contribution >= 4 is 21.8 Å². The number of methoxy groups -OCH3 is 1. The highest BCUT2D eigenvalue weighted by Gasteiger charge is 2.12. The zero-order valence-corrected chi connectivity index (χ0v) is 12.8. The van der Waals surface area contributed by atoms with Gasteiger partial charge in [-0.1, -0.05) is 36.4 Å². The molecule has 0 saturated carbocycles. The van der Waals surface area contributed by atoms with E-state index in [0.717, 1.165) is 6.54 Å². The van der Waals surface area contributed by atoms with Gasteiger partial charge in [0.1, 0.15) is 0 Å². The van der Waals surface area contributed by atoms with E-state index in [1.807, 2.05) is 12.1 Å². The van der Waals surface area contributed by atoms with Gasteiger partial charge in [-0.05, 0) is 12.1 Å². The van der Waals surface area contributed by atoms with Gasteiger partial charge in [-0.3, -0.25) is 0 Å². The third-order valence-electron chi connectivity index (χ3n) is 3.94. The molecule has 4 nitrogen and oxygen atoms in total. The number of nitrogens with one attached hydrogen (secondary N) is 1. The fraction of sp³-hybridized carbons (Fsp3) is 0.333. The average Bonchev–Trinajstić information content (AvgIpc) is 2.87. The number of hydrogen-bond donors (Lipinski definition) is 2. The zero-order valence-electron chi connectivity index (χ0n) is 12.8. The van der Waals surface area contributed by atoms with Crippen LogP contribution in [0.5, 0.6) is 0 Å². The van der Waals surface area contributed by atoms with E-state index < -0.39 is 6.10 Å². The summed E-state index contributed by atoms with van der Waals surface area (Å²) in [7, 11) is 1.68. The first-order valence-electron chi connectivity index (χ1n) is 7.65. The molecule has 2 N–H and O–H groups in total. The second kappa shape index (κ2) is 6.92. The Morgan fingerprint density at radius 3 is 2.23 bits per heavy atom. The molecule has 4 heteroatoms. The molecular weight excluding hydrogens is 276 g/mol. The molecule has 3 aromatic rings. The van der Waals surface area contributed by atoms with Crippen molar-refractivity contribution in [2.75, 3.05) is 26.8 Å². The van der Waals surface area contributed by atoms with Crippen molar-refractivity contribution in [3.05, 3.63) is 48.5 Å². The Kier molecular flexibility index (Phi) is 4.73. The third-order valence-corrected chi connectivity index (χ3v) is 3.94. The molecule has 0 radical (unpaired) electrons. The number of aliphatic hydroxyl groups excluding tert-OH is 1. The first-order chi connectivity index (χ1) is 10.8. The number of aliphatic hydroxyl groups is 1. The Balaban J connectivity index is 1.85. The van der Waals surface area contributed by atoms with Gasteiger partial charge in [0.05, 0.1) is 19.3 Å². The molecule has 1 heterocycles. The lowest BCUT2D eigenvalue weighted by atomic mass is 10.2. The molecule has 0 aliphatic heterocycles. The summed E-state index contributed by atoms with van der Waals surface area (Å²) in [6.45, 7) is 2.54. The number of para-hydroxylation sites is 2. The molecule has 1 atom stereocenters. The Morgan fingerprint density at radius 2 is 1.64 bits per heavy atom. The highest BCUT2D eigenvalue weighted by molar-refractivity contribution is 6.07. The van der Waals surface area contributed by atoms with Gasteiger partial charge >= 0.3 is 0 Å². The summed E-state index contributed by atoms with van der Waals surface area (Å²) < 4.78 is 7.20. The van der Waals surface area contributed by atoms with Crippen molar-refractivity contribution in [3.8, 4) is 0 Å². The quantitative estimate of drug-likeness (QED) is 0.658. The average molecular weight is 298 g/mol. The van der Waals surface area contributed by atoms with Crippen LogP contribution in [0.1, 0.15) is 0 Å². The monoisotopic (exact) mass is 298 g/mol. The van der Waals surface area contributed by atoms with Crippen LogP contribution in [0.15, 0.2) is 48.5 Å². The van der Waals surface area contributed by atoms with Crippen LogP contribution in [0.3, 0.4) is 0 Å². The van der Waals surface area contributed by atoms with Crippen molar-refractivity contribution in [2.45, 2.75) is 12.6 Å². The fourth-order valence-electron chi connectivity index (χ4n) is 2.92. The minimum Gasteiger partial charge on any atom is -0.390 e. The first-order valence-corrected chi connectivity index (χ1v) is 7.65. The summed E-state index contributed by atoms with van der Waals surface area (Å²) in [5.74, 6) is 0. The number of benzene rings is 2. The molecule has 0 bridgehead atoms. The lowest BCUT2D eigenvalue weighted by Crippen LogP contribution is -2.32. The van der Waals surface area contributed by atoms with Crippen LogP contribution in [-0.2, 0) is 11.3 Å². The molecule has 0 aliphatic carbocycles. The number of rotatable bonds is 7. The molecular formula is C18H22N2O2. The minimum atomic E-state index is -0.434. The van der Waals surface area contributed by atoms with Crippen LogP contribution in [0.4, 0.5) is 0 Å². The second-order valence-electron chi connectivity index (χ2n) is 5.50. The number of hydrogen-bond acceptors (Lipinski definition) is 3. The summed E-state index contributed by atoms with van der Waals surface area (Å²) in [5.41, 5.74) is 2.33. The van der Waals surface area contributed by atoms with Gasteiger partial charge in [-0.2, -0.15) is 0 Å². The Labute approximate surface area is 130 Å². The van der Waals surface area contributed by atoms with E-state index in [2.05, 4.69) is 46.3 Å². The van der Waals surface area contributed by atoms with Gasteiger partial charge in [0.2, 0.25) is 0 Å². The molecule has 22 heavy (non-hydrogen) atoms. The number of ether oxygens (including phenoxy) is 1. The van der Waals surface area contributed by atoms with E-state index in [0.29, 0.717) is 19.7 Å².